The van der Waals surface area contributed by atoms with E-state index in [0.717, 1.165) is 17.5 Å². The molecule has 1 aromatic heterocycles. The van der Waals surface area contributed by atoms with Crippen molar-refractivity contribution >= 4 is 11.8 Å². The van der Waals surface area contributed by atoms with Crippen LogP contribution in [0.1, 0.15) is 17.5 Å². The summed E-state index contributed by atoms with van der Waals surface area (Å²) in [7, 11) is 0. The van der Waals surface area contributed by atoms with Crippen molar-refractivity contribution in [2.45, 2.75) is 31.5 Å². The lowest BCUT2D eigenvalue weighted by atomic mass is 10.0. The van der Waals surface area contributed by atoms with Gasteiger partial charge in [-0.25, -0.2) is 0 Å². The number of likely N-dealkylation sites (tertiary alicyclic amines) is 1. The van der Waals surface area contributed by atoms with E-state index in [-0.39, 0.29) is 29.9 Å². The molecule has 0 radical (unpaired) electrons. The predicted molar refractivity (Wildman–Crippen MR) is 99.6 cm³/mol. The van der Waals surface area contributed by atoms with Crippen LogP contribution in [0.2, 0.25) is 0 Å². The molecule has 2 fully saturated rings. The molecule has 2 saturated heterocycles. The van der Waals surface area contributed by atoms with E-state index in [1.807, 2.05) is 47.4 Å². The molecule has 6 heteroatoms. The number of carbonyl (C=O) groups excluding carboxylic acids is 2. The first kappa shape index (κ1) is 17.7. The Morgan fingerprint density at radius 1 is 1.15 bits per heavy atom. The number of hydrogen-bond acceptors (Lipinski definition) is 4. The minimum atomic E-state index is -0.325. The summed E-state index contributed by atoms with van der Waals surface area (Å²) in [4.78, 5) is 31.5. The van der Waals surface area contributed by atoms with Gasteiger partial charge in [0.05, 0.1) is 24.5 Å². The van der Waals surface area contributed by atoms with Crippen LogP contribution in [-0.2, 0) is 27.3 Å². The van der Waals surface area contributed by atoms with Crippen molar-refractivity contribution in [3.8, 4) is 0 Å². The Kier molecular flexibility index (Phi) is 5.16. The molecule has 1 aromatic carbocycles. The van der Waals surface area contributed by atoms with Crippen LogP contribution in [0.25, 0.3) is 0 Å². The van der Waals surface area contributed by atoms with Crippen LogP contribution in [0, 0.1) is 5.92 Å². The molecule has 0 bridgehead atoms. The highest BCUT2D eigenvalue weighted by atomic mass is 16.5. The first-order valence-electron chi connectivity index (χ1n) is 9.34. The van der Waals surface area contributed by atoms with Crippen molar-refractivity contribution in [3.05, 3.63) is 66.0 Å². The van der Waals surface area contributed by atoms with Crippen molar-refractivity contribution in [2.75, 3.05) is 13.2 Å². The summed E-state index contributed by atoms with van der Waals surface area (Å²) in [6, 6.07) is 13.5. The van der Waals surface area contributed by atoms with E-state index in [9.17, 15) is 9.59 Å². The summed E-state index contributed by atoms with van der Waals surface area (Å²) in [6.07, 6.45) is 4.37. The van der Waals surface area contributed by atoms with E-state index < -0.39 is 0 Å². The molecule has 27 heavy (non-hydrogen) atoms. The largest absolute Gasteiger partial charge is 0.375 e. The summed E-state index contributed by atoms with van der Waals surface area (Å²) in [5, 5.41) is 2.97. The van der Waals surface area contributed by atoms with Gasteiger partial charge in [-0.1, -0.05) is 36.4 Å². The van der Waals surface area contributed by atoms with Crippen molar-refractivity contribution < 1.29 is 14.3 Å². The molecule has 3 atom stereocenters. The van der Waals surface area contributed by atoms with Crippen molar-refractivity contribution in [3.63, 3.8) is 0 Å². The molecule has 2 aliphatic heterocycles. The van der Waals surface area contributed by atoms with Gasteiger partial charge in [0, 0.05) is 32.1 Å². The fraction of sp³-hybridized carbons (Fsp3) is 0.381. The zero-order chi connectivity index (χ0) is 18.6. The van der Waals surface area contributed by atoms with E-state index >= 15 is 0 Å². The van der Waals surface area contributed by atoms with Gasteiger partial charge in [-0.3, -0.25) is 14.6 Å². The number of nitrogens with zero attached hydrogens (tertiary/aromatic N) is 2. The standard InChI is InChI=1S/C21H23N3O3/c25-19(11-15-5-2-1-3-6-15)24-14-17(20-18(24)8-10-27-20)21(26)23-13-16-7-4-9-22-12-16/h1-7,9,12,17-18,20H,8,10-11,13-14H2,(H,23,26)/t17-,18+,20+/m1/s1. The predicted octanol–water partition coefficient (Wildman–Crippen LogP) is 1.56. The van der Waals surface area contributed by atoms with Crippen molar-refractivity contribution in [2.24, 2.45) is 5.92 Å². The van der Waals surface area contributed by atoms with Gasteiger partial charge < -0.3 is 15.0 Å². The molecule has 2 aromatic rings. The highest BCUT2D eigenvalue weighted by Gasteiger charge is 2.50. The number of amides is 2. The van der Waals surface area contributed by atoms with E-state index in [0.29, 0.717) is 26.1 Å². The first-order valence-corrected chi connectivity index (χ1v) is 9.34. The van der Waals surface area contributed by atoms with Crippen molar-refractivity contribution in [1.29, 1.82) is 0 Å². The smallest absolute Gasteiger partial charge is 0.227 e. The van der Waals surface area contributed by atoms with Crippen LogP contribution in [0.4, 0.5) is 0 Å². The summed E-state index contributed by atoms with van der Waals surface area (Å²) in [6.45, 7) is 1.44. The quantitative estimate of drug-likeness (QED) is 0.873. The Morgan fingerprint density at radius 2 is 1.96 bits per heavy atom. The van der Waals surface area contributed by atoms with Gasteiger partial charge in [-0.05, 0) is 23.6 Å². The van der Waals surface area contributed by atoms with Crippen LogP contribution >= 0.6 is 0 Å². The van der Waals surface area contributed by atoms with Gasteiger partial charge in [0.15, 0.2) is 0 Å². The summed E-state index contributed by atoms with van der Waals surface area (Å²) in [5.74, 6) is -0.330. The lowest BCUT2D eigenvalue weighted by molar-refractivity contribution is -0.131. The molecule has 2 aliphatic rings. The number of carbonyl (C=O) groups is 2. The van der Waals surface area contributed by atoms with Gasteiger partial charge in [0.25, 0.3) is 0 Å². The highest BCUT2D eigenvalue weighted by molar-refractivity contribution is 5.84. The van der Waals surface area contributed by atoms with E-state index in [1.54, 1.807) is 12.4 Å². The highest BCUT2D eigenvalue weighted by Crippen LogP contribution is 2.34. The molecule has 2 amide bonds. The third-order valence-corrected chi connectivity index (χ3v) is 5.34. The Morgan fingerprint density at radius 3 is 2.74 bits per heavy atom. The average molecular weight is 365 g/mol. The number of ether oxygens (including phenoxy) is 1. The molecular weight excluding hydrogens is 342 g/mol. The van der Waals surface area contributed by atoms with Gasteiger partial charge in [-0.2, -0.15) is 0 Å². The SMILES string of the molecule is O=C(NCc1cccnc1)[C@@H]1CN(C(=O)Cc2ccccc2)[C@H]2CCO[C@@H]12. The molecule has 1 N–H and O–H groups in total. The van der Waals surface area contributed by atoms with Gasteiger partial charge in [-0.15, -0.1) is 0 Å². The molecule has 6 nitrogen and oxygen atoms in total. The Hall–Kier alpha value is -2.73. The van der Waals surface area contributed by atoms with Gasteiger partial charge in [0.1, 0.15) is 0 Å². The Balaban J connectivity index is 1.41. The zero-order valence-electron chi connectivity index (χ0n) is 15.1. The fourth-order valence-electron chi connectivity index (χ4n) is 3.98. The Labute approximate surface area is 158 Å². The second kappa shape index (κ2) is 7.88. The third kappa shape index (κ3) is 3.85. The lowest BCUT2D eigenvalue weighted by Crippen LogP contribution is -2.38. The lowest BCUT2D eigenvalue weighted by Gasteiger charge is -2.22. The monoisotopic (exact) mass is 365 g/mol. The average Bonchev–Trinajstić information content (AvgIpc) is 3.30. The van der Waals surface area contributed by atoms with E-state index in [4.69, 9.17) is 4.74 Å². The maximum absolute atomic E-state index is 12.8. The minimum absolute atomic E-state index is 0.00430. The number of rotatable bonds is 5. The molecule has 3 heterocycles. The topological polar surface area (TPSA) is 71.5 Å². The van der Waals surface area contributed by atoms with Crippen LogP contribution in [0.5, 0.6) is 0 Å². The van der Waals surface area contributed by atoms with Crippen LogP contribution in [-0.4, -0.2) is 47.0 Å². The molecule has 0 spiro atoms. The minimum Gasteiger partial charge on any atom is -0.375 e. The molecular formula is C21H23N3O3. The molecule has 0 saturated carbocycles. The molecule has 0 unspecified atom stereocenters. The number of pyridine rings is 1. The number of nitrogens with one attached hydrogen (secondary N) is 1. The zero-order valence-corrected chi connectivity index (χ0v) is 15.1. The summed E-state index contributed by atoms with van der Waals surface area (Å²) < 4.78 is 5.83. The van der Waals surface area contributed by atoms with E-state index in [2.05, 4.69) is 10.3 Å². The van der Waals surface area contributed by atoms with Crippen molar-refractivity contribution in [1.82, 2.24) is 15.2 Å². The third-order valence-electron chi connectivity index (χ3n) is 5.34. The second-order valence-electron chi connectivity index (χ2n) is 7.09. The van der Waals surface area contributed by atoms with Gasteiger partial charge >= 0.3 is 0 Å². The first-order chi connectivity index (χ1) is 13.2. The van der Waals surface area contributed by atoms with Crippen LogP contribution in [0.15, 0.2) is 54.9 Å². The van der Waals surface area contributed by atoms with Gasteiger partial charge in [0.2, 0.25) is 11.8 Å². The molecule has 0 aliphatic carbocycles. The molecule has 140 valence electrons. The van der Waals surface area contributed by atoms with E-state index in [1.165, 1.54) is 0 Å². The fourth-order valence-corrected chi connectivity index (χ4v) is 3.98. The summed E-state index contributed by atoms with van der Waals surface area (Å²) >= 11 is 0. The number of aromatic nitrogens is 1. The maximum atomic E-state index is 12.8. The normalized spacial score (nSPS) is 23.9. The number of hydrogen-bond donors (Lipinski definition) is 1. The second-order valence-corrected chi connectivity index (χ2v) is 7.09. The maximum Gasteiger partial charge on any atom is 0.227 e. The summed E-state index contributed by atoms with van der Waals surface area (Å²) in [5.41, 5.74) is 1.94. The van der Waals surface area contributed by atoms with Crippen LogP contribution < -0.4 is 5.32 Å². The number of benzene rings is 1. The van der Waals surface area contributed by atoms with Crippen LogP contribution in [0.3, 0.4) is 0 Å². The number of fused-ring (bicyclic) bond motifs is 1. The Bertz CT molecular complexity index is 797. The molecule has 4 rings (SSSR count).